The fourth-order valence-electron chi connectivity index (χ4n) is 5.64. The van der Waals surface area contributed by atoms with Gasteiger partial charge in [0, 0.05) is 17.7 Å². The molecule has 2 aromatic carbocycles. The Kier molecular flexibility index (Phi) is 4.53. The normalized spacial score (nSPS) is 25.1. The van der Waals surface area contributed by atoms with Gasteiger partial charge in [-0.15, -0.1) is 5.06 Å². The highest BCUT2D eigenvalue weighted by Crippen LogP contribution is 2.55. The molecule has 2 heteroatoms. The van der Waals surface area contributed by atoms with E-state index in [0.717, 1.165) is 12.3 Å². The van der Waals surface area contributed by atoms with Gasteiger partial charge >= 0.3 is 0 Å². The zero-order valence-corrected chi connectivity index (χ0v) is 16.1. The Morgan fingerprint density at radius 3 is 1.96 bits per heavy atom. The van der Waals surface area contributed by atoms with Gasteiger partial charge in [-0.3, -0.25) is 0 Å². The lowest BCUT2D eigenvalue weighted by atomic mass is 9.64. The maximum Gasteiger partial charge on any atom is 0.160 e. The second-order valence-electron chi connectivity index (χ2n) is 8.49. The minimum atomic E-state index is 0.371. The van der Waals surface area contributed by atoms with Gasteiger partial charge in [0.2, 0.25) is 0 Å². The van der Waals surface area contributed by atoms with E-state index in [2.05, 4.69) is 65.7 Å². The average molecular weight is 360 g/mol. The molecule has 0 N–H and O–H groups in total. The van der Waals surface area contributed by atoms with E-state index >= 15 is 0 Å². The highest BCUT2D eigenvalue weighted by molar-refractivity contribution is 5.92. The summed E-state index contributed by atoms with van der Waals surface area (Å²) in [5.41, 5.74) is 4.33. The summed E-state index contributed by atoms with van der Waals surface area (Å²) in [4.78, 5) is 6.64. The molecule has 140 valence electrons. The number of nitrogens with zero attached hydrogens (tertiary/aromatic N) is 1. The fourth-order valence-corrected chi connectivity index (χ4v) is 5.64. The number of hydrogen-bond donors (Lipinski definition) is 0. The van der Waals surface area contributed by atoms with Crippen LogP contribution in [0.25, 0.3) is 11.3 Å². The second kappa shape index (κ2) is 7.16. The van der Waals surface area contributed by atoms with Crippen LogP contribution in [-0.4, -0.2) is 17.6 Å². The van der Waals surface area contributed by atoms with E-state index in [1.165, 1.54) is 68.1 Å². The molecule has 3 aliphatic rings. The van der Waals surface area contributed by atoms with Crippen LogP contribution >= 0.6 is 0 Å². The second-order valence-corrected chi connectivity index (χ2v) is 8.49. The third-order valence-electron chi connectivity index (χ3n) is 6.87. The summed E-state index contributed by atoms with van der Waals surface area (Å²) < 4.78 is 0. The third kappa shape index (κ3) is 3.00. The van der Waals surface area contributed by atoms with E-state index < -0.39 is 0 Å². The molecule has 0 amide bonds. The van der Waals surface area contributed by atoms with Crippen molar-refractivity contribution in [3.05, 3.63) is 71.8 Å². The SMILES string of the molecule is c1ccc(C2=C(c3ccccc3)[C@H]3N(CCCCC34CCCCC4)O2)cc1. The highest BCUT2D eigenvalue weighted by atomic mass is 16.7. The maximum atomic E-state index is 6.64. The summed E-state index contributed by atoms with van der Waals surface area (Å²) in [5.74, 6) is 1.08. The molecule has 0 radical (unpaired) electrons. The van der Waals surface area contributed by atoms with Crippen LogP contribution in [0.2, 0.25) is 0 Å². The standard InChI is InChI=1S/C25H29NO/c1-4-12-20(13-5-1)22-23(21-14-6-2-7-15-21)27-26-19-11-10-18-25(24(22)26)16-8-3-9-17-25/h1-2,4-7,12-15,24H,3,8-11,16-19H2/t24-/m1/s1. The third-order valence-corrected chi connectivity index (χ3v) is 6.87. The van der Waals surface area contributed by atoms with Gasteiger partial charge in [0.1, 0.15) is 0 Å². The predicted octanol–water partition coefficient (Wildman–Crippen LogP) is 6.31. The summed E-state index contributed by atoms with van der Waals surface area (Å²) in [7, 11) is 0. The topological polar surface area (TPSA) is 12.5 Å². The van der Waals surface area contributed by atoms with Gasteiger partial charge in [-0.2, -0.15) is 0 Å². The van der Waals surface area contributed by atoms with Crippen molar-refractivity contribution in [2.75, 3.05) is 6.54 Å². The molecule has 1 spiro atoms. The molecular weight excluding hydrogens is 330 g/mol. The van der Waals surface area contributed by atoms with Crippen LogP contribution in [0.5, 0.6) is 0 Å². The van der Waals surface area contributed by atoms with Crippen molar-refractivity contribution in [1.29, 1.82) is 0 Å². The molecule has 27 heavy (non-hydrogen) atoms. The Morgan fingerprint density at radius 1 is 0.704 bits per heavy atom. The highest BCUT2D eigenvalue weighted by Gasteiger charge is 2.51. The van der Waals surface area contributed by atoms with Gasteiger partial charge in [-0.25, -0.2) is 0 Å². The van der Waals surface area contributed by atoms with Crippen molar-refractivity contribution in [2.24, 2.45) is 5.41 Å². The molecule has 0 unspecified atom stereocenters. The van der Waals surface area contributed by atoms with Gasteiger partial charge in [0.15, 0.2) is 5.76 Å². The zero-order chi connectivity index (χ0) is 18.1. The Hall–Kier alpha value is -2.06. The van der Waals surface area contributed by atoms with Crippen LogP contribution in [0.3, 0.4) is 0 Å². The molecule has 1 atom stereocenters. The first kappa shape index (κ1) is 17.1. The van der Waals surface area contributed by atoms with Gasteiger partial charge in [-0.05, 0) is 36.7 Å². The lowest BCUT2D eigenvalue weighted by Gasteiger charge is -2.44. The molecule has 2 nitrogen and oxygen atoms in total. The van der Waals surface area contributed by atoms with E-state index in [0.29, 0.717) is 11.5 Å². The number of rotatable bonds is 2. The summed E-state index contributed by atoms with van der Waals surface area (Å²) in [6, 6.07) is 22.1. The predicted molar refractivity (Wildman–Crippen MR) is 111 cm³/mol. The average Bonchev–Trinajstić information content (AvgIpc) is 3.06. The molecule has 2 aromatic rings. The summed E-state index contributed by atoms with van der Waals surface area (Å²) in [5, 5.41) is 2.35. The summed E-state index contributed by atoms with van der Waals surface area (Å²) >= 11 is 0. The van der Waals surface area contributed by atoms with Crippen LogP contribution in [0.15, 0.2) is 60.7 Å². The fraction of sp³-hybridized carbons (Fsp3) is 0.440. The Bertz CT molecular complexity index is 805. The smallest absolute Gasteiger partial charge is 0.160 e. The summed E-state index contributed by atoms with van der Waals surface area (Å²) in [6.07, 6.45) is 10.7. The van der Waals surface area contributed by atoms with Gasteiger partial charge in [0.25, 0.3) is 0 Å². The van der Waals surface area contributed by atoms with E-state index in [-0.39, 0.29) is 0 Å². The van der Waals surface area contributed by atoms with Crippen LogP contribution in [0.4, 0.5) is 0 Å². The minimum Gasteiger partial charge on any atom is -0.404 e. The molecule has 1 saturated heterocycles. The van der Waals surface area contributed by atoms with Gasteiger partial charge in [0.05, 0.1) is 6.04 Å². The molecule has 1 aliphatic carbocycles. The molecule has 0 aromatic heterocycles. The Labute approximate surface area is 162 Å². The van der Waals surface area contributed by atoms with Crippen LogP contribution in [0.1, 0.15) is 62.5 Å². The first-order chi connectivity index (χ1) is 13.4. The molecule has 1 saturated carbocycles. The van der Waals surface area contributed by atoms with E-state index in [4.69, 9.17) is 4.84 Å². The summed E-state index contributed by atoms with van der Waals surface area (Å²) in [6.45, 7) is 1.04. The molecule has 5 rings (SSSR count). The van der Waals surface area contributed by atoms with Crippen LogP contribution in [0, 0.1) is 5.41 Å². The van der Waals surface area contributed by atoms with Gasteiger partial charge in [-0.1, -0.05) is 86.3 Å². The number of hydroxylamine groups is 2. The molecular formula is C25H29NO. The first-order valence-electron chi connectivity index (χ1n) is 10.7. The van der Waals surface area contributed by atoms with Crippen LogP contribution < -0.4 is 0 Å². The van der Waals surface area contributed by atoms with Gasteiger partial charge < -0.3 is 4.84 Å². The Balaban J connectivity index is 1.69. The molecule has 2 fully saturated rings. The van der Waals surface area contributed by atoms with E-state index in [1.54, 1.807) is 0 Å². The van der Waals surface area contributed by atoms with Crippen molar-refractivity contribution in [1.82, 2.24) is 5.06 Å². The number of hydrogen-bond acceptors (Lipinski definition) is 2. The van der Waals surface area contributed by atoms with E-state index in [1.807, 2.05) is 0 Å². The minimum absolute atomic E-state index is 0.371. The monoisotopic (exact) mass is 359 g/mol. The molecule has 0 bridgehead atoms. The molecule has 2 aliphatic heterocycles. The Morgan fingerprint density at radius 2 is 1.30 bits per heavy atom. The number of benzene rings is 2. The largest absolute Gasteiger partial charge is 0.404 e. The number of fused-ring (bicyclic) bond motifs is 2. The molecule has 2 heterocycles. The maximum absolute atomic E-state index is 6.64. The zero-order valence-electron chi connectivity index (χ0n) is 16.1. The lowest BCUT2D eigenvalue weighted by Crippen LogP contribution is -2.45. The van der Waals surface area contributed by atoms with Crippen molar-refractivity contribution < 1.29 is 4.84 Å². The van der Waals surface area contributed by atoms with E-state index in [9.17, 15) is 0 Å². The van der Waals surface area contributed by atoms with Crippen molar-refractivity contribution in [2.45, 2.75) is 57.4 Å². The van der Waals surface area contributed by atoms with Crippen molar-refractivity contribution >= 4 is 11.3 Å². The van der Waals surface area contributed by atoms with Crippen molar-refractivity contribution in [3.8, 4) is 0 Å². The quantitative estimate of drug-likeness (QED) is 0.623. The van der Waals surface area contributed by atoms with Crippen molar-refractivity contribution in [3.63, 3.8) is 0 Å². The van der Waals surface area contributed by atoms with Crippen LogP contribution in [-0.2, 0) is 4.84 Å². The first-order valence-corrected chi connectivity index (χ1v) is 10.7. The lowest BCUT2D eigenvalue weighted by molar-refractivity contribution is -0.120.